The van der Waals surface area contributed by atoms with Crippen LogP contribution in [-0.2, 0) is 0 Å². The third-order valence-electron chi connectivity index (χ3n) is 3.16. The van der Waals surface area contributed by atoms with Crippen molar-refractivity contribution in [1.82, 2.24) is 25.1 Å². The lowest BCUT2D eigenvalue weighted by Gasteiger charge is -2.15. The van der Waals surface area contributed by atoms with Crippen molar-refractivity contribution in [2.75, 3.05) is 13.1 Å². The summed E-state index contributed by atoms with van der Waals surface area (Å²) in [5.41, 5.74) is 1.30. The quantitative estimate of drug-likeness (QED) is 0.812. The molecule has 19 heavy (non-hydrogen) atoms. The van der Waals surface area contributed by atoms with Crippen LogP contribution in [0.25, 0.3) is 5.69 Å². The summed E-state index contributed by atoms with van der Waals surface area (Å²) in [6.07, 6.45) is 1.70. The average Bonchev–Trinajstić information content (AvgIpc) is 3.09. The maximum atomic E-state index is 12.3. The molecule has 7 heteroatoms. The van der Waals surface area contributed by atoms with Crippen LogP contribution in [0.5, 0.6) is 0 Å². The number of tetrazole rings is 1. The maximum absolute atomic E-state index is 12.3. The fourth-order valence-corrected chi connectivity index (χ4v) is 2.17. The molecule has 0 saturated carbocycles. The van der Waals surface area contributed by atoms with Crippen LogP contribution in [0.2, 0.25) is 0 Å². The smallest absolute Gasteiger partial charge is 0.254 e. The van der Waals surface area contributed by atoms with Gasteiger partial charge in [0.2, 0.25) is 0 Å². The molecule has 1 amide bonds. The molecular weight excluding hydrogens is 246 g/mol. The van der Waals surface area contributed by atoms with Gasteiger partial charge in [-0.25, -0.2) is 4.68 Å². The Hall–Kier alpha value is -2.28. The minimum Gasteiger partial charge on any atom is -0.391 e. The van der Waals surface area contributed by atoms with Crippen molar-refractivity contribution < 1.29 is 9.90 Å². The third-order valence-corrected chi connectivity index (χ3v) is 3.16. The van der Waals surface area contributed by atoms with Gasteiger partial charge in [0.1, 0.15) is 6.33 Å². The standard InChI is InChI=1S/C12H13N5O2/c18-11-4-5-16(7-11)12(19)9-2-1-3-10(6-9)17-8-13-14-15-17/h1-3,6,8,11,18H,4-5,7H2/t11-/m1/s1. The number of hydrogen-bond acceptors (Lipinski definition) is 5. The number of amides is 1. The molecule has 2 heterocycles. The molecule has 1 N–H and O–H groups in total. The largest absolute Gasteiger partial charge is 0.391 e. The molecule has 1 atom stereocenters. The number of carbonyl (C=O) groups excluding carboxylic acids is 1. The van der Waals surface area contributed by atoms with Gasteiger partial charge in [0.05, 0.1) is 11.8 Å². The first-order valence-corrected chi connectivity index (χ1v) is 6.05. The molecule has 98 valence electrons. The zero-order chi connectivity index (χ0) is 13.2. The van der Waals surface area contributed by atoms with E-state index in [1.807, 2.05) is 6.07 Å². The predicted octanol–water partition coefficient (Wildman–Crippen LogP) is -0.131. The molecule has 1 fully saturated rings. The van der Waals surface area contributed by atoms with Crippen molar-refractivity contribution in [2.24, 2.45) is 0 Å². The highest BCUT2D eigenvalue weighted by molar-refractivity contribution is 5.95. The molecule has 2 aromatic rings. The van der Waals surface area contributed by atoms with E-state index < -0.39 is 6.10 Å². The van der Waals surface area contributed by atoms with E-state index in [0.717, 1.165) is 5.69 Å². The number of aromatic nitrogens is 4. The molecule has 1 saturated heterocycles. The van der Waals surface area contributed by atoms with Gasteiger partial charge in [-0.1, -0.05) is 6.07 Å². The second-order valence-corrected chi connectivity index (χ2v) is 4.50. The Morgan fingerprint density at radius 1 is 1.42 bits per heavy atom. The van der Waals surface area contributed by atoms with Crippen LogP contribution in [0, 0.1) is 0 Å². The number of aliphatic hydroxyl groups is 1. The Morgan fingerprint density at radius 3 is 3.00 bits per heavy atom. The number of β-amino-alcohol motifs (C(OH)–C–C–N with tert-alkyl or cyclic N) is 1. The van der Waals surface area contributed by atoms with Gasteiger partial charge in [-0.3, -0.25) is 4.79 Å². The molecular formula is C12H13N5O2. The van der Waals surface area contributed by atoms with E-state index in [1.165, 1.54) is 11.0 Å². The summed E-state index contributed by atoms with van der Waals surface area (Å²) in [7, 11) is 0. The number of nitrogens with zero attached hydrogens (tertiary/aromatic N) is 5. The number of hydrogen-bond donors (Lipinski definition) is 1. The molecule has 0 unspecified atom stereocenters. The topological polar surface area (TPSA) is 84.1 Å². The fourth-order valence-electron chi connectivity index (χ4n) is 2.17. The van der Waals surface area contributed by atoms with Gasteiger partial charge in [-0.2, -0.15) is 0 Å². The van der Waals surface area contributed by atoms with Crippen LogP contribution in [0.1, 0.15) is 16.8 Å². The number of benzene rings is 1. The van der Waals surface area contributed by atoms with Crippen LogP contribution in [0.3, 0.4) is 0 Å². The lowest BCUT2D eigenvalue weighted by molar-refractivity contribution is 0.0765. The van der Waals surface area contributed by atoms with Crippen molar-refractivity contribution in [3.05, 3.63) is 36.2 Å². The summed E-state index contributed by atoms with van der Waals surface area (Å²) in [6, 6.07) is 7.10. The van der Waals surface area contributed by atoms with Crippen LogP contribution in [0.4, 0.5) is 0 Å². The number of carbonyl (C=O) groups is 1. The first kappa shape index (κ1) is 11.8. The summed E-state index contributed by atoms with van der Waals surface area (Å²) in [6.45, 7) is 0.989. The zero-order valence-corrected chi connectivity index (χ0v) is 10.2. The third kappa shape index (κ3) is 2.32. The second-order valence-electron chi connectivity index (χ2n) is 4.50. The van der Waals surface area contributed by atoms with Gasteiger partial charge in [0.25, 0.3) is 5.91 Å². The van der Waals surface area contributed by atoms with E-state index in [1.54, 1.807) is 23.1 Å². The Morgan fingerprint density at radius 2 is 2.32 bits per heavy atom. The molecule has 1 aromatic heterocycles. The molecule has 7 nitrogen and oxygen atoms in total. The maximum Gasteiger partial charge on any atom is 0.254 e. The van der Waals surface area contributed by atoms with Crippen molar-refractivity contribution in [1.29, 1.82) is 0 Å². The van der Waals surface area contributed by atoms with Crippen LogP contribution >= 0.6 is 0 Å². The van der Waals surface area contributed by atoms with Crippen molar-refractivity contribution in [2.45, 2.75) is 12.5 Å². The Balaban J connectivity index is 1.85. The molecule has 1 aliphatic rings. The Kier molecular flexibility index (Phi) is 2.96. The minimum atomic E-state index is -0.411. The molecule has 0 spiro atoms. The lowest BCUT2D eigenvalue weighted by Crippen LogP contribution is -2.29. The van der Waals surface area contributed by atoms with E-state index in [-0.39, 0.29) is 5.91 Å². The first-order valence-electron chi connectivity index (χ1n) is 6.05. The van der Waals surface area contributed by atoms with E-state index in [4.69, 9.17) is 0 Å². The van der Waals surface area contributed by atoms with Gasteiger partial charge >= 0.3 is 0 Å². The highest BCUT2D eigenvalue weighted by atomic mass is 16.3. The van der Waals surface area contributed by atoms with E-state index >= 15 is 0 Å². The summed E-state index contributed by atoms with van der Waals surface area (Å²) in [5, 5.41) is 20.4. The summed E-state index contributed by atoms with van der Waals surface area (Å²) in [5.74, 6) is -0.0773. The predicted molar refractivity (Wildman–Crippen MR) is 65.7 cm³/mol. The van der Waals surface area contributed by atoms with E-state index in [2.05, 4.69) is 15.5 Å². The molecule has 0 aliphatic carbocycles. The van der Waals surface area contributed by atoms with E-state index in [0.29, 0.717) is 25.1 Å². The Bertz CT molecular complexity index is 584. The van der Waals surface area contributed by atoms with Gasteiger partial charge < -0.3 is 10.0 Å². The molecule has 0 bridgehead atoms. The molecule has 3 rings (SSSR count). The second kappa shape index (κ2) is 4.77. The molecule has 1 aromatic carbocycles. The summed E-state index contributed by atoms with van der Waals surface area (Å²) in [4.78, 5) is 13.9. The number of rotatable bonds is 2. The van der Waals surface area contributed by atoms with Crippen LogP contribution < -0.4 is 0 Å². The van der Waals surface area contributed by atoms with Gasteiger partial charge in [0, 0.05) is 18.7 Å². The van der Waals surface area contributed by atoms with Crippen molar-refractivity contribution in [3.8, 4) is 5.69 Å². The first-order chi connectivity index (χ1) is 9.24. The average molecular weight is 259 g/mol. The zero-order valence-electron chi connectivity index (χ0n) is 10.2. The van der Waals surface area contributed by atoms with Crippen LogP contribution in [0.15, 0.2) is 30.6 Å². The summed E-state index contributed by atoms with van der Waals surface area (Å²) >= 11 is 0. The highest BCUT2D eigenvalue weighted by Crippen LogP contribution is 2.15. The normalized spacial score (nSPS) is 18.8. The van der Waals surface area contributed by atoms with Gasteiger partial charge in [-0.05, 0) is 35.0 Å². The lowest BCUT2D eigenvalue weighted by atomic mass is 10.2. The van der Waals surface area contributed by atoms with Crippen molar-refractivity contribution in [3.63, 3.8) is 0 Å². The molecule has 1 aliphatic heterocycles. The number of aliphatic hydroxyl groups excluding tert-OH is 1. The van der Waals surface area contributed by atoms with Gasteiger partial charge in [-0.15, -0.1) is 5.10 Å². The van der Waals surface area contributed by atoms with Crippen molar-refractivity contribution >= 4 is 5.91 Å². The van der Waals surface area contributed by atoms with Crippen LogP contribution in [-0.4, -0.2) is 55.3 Å². The fraction of sp³-hybridized carbons (Fsp3) is 0.333. The minimum absolute atomic E-state index is 0.0773. The number of likely N-dealkylation sites (tertiary alicyclic amines) is 1. The van der Waals surface area contributed by atoms with E-state index in [9.17, 15) is 9.90 Å². The SMILES string of the molecule is O=C(c1cccc(-n2cnnn2)c1)N1CC[C@@H](O)C1. The summed E-state index contributed by atoms with van der Waals surface area (Å²) < 4.78 is 1.50. The van der Waals surface area contributed by atoms with Gasteiger partial charge in [0.15, 0.2) is 0 Å². The highest BCUT2D eigenvalue weighted by Gasteiger charge is 2.25. The molecule has 0 radical (unpaired) electrons. The Labute approximate surface area is 109 Å². The monoisotopic (exact) mass is 259 g/mol.